The van der Waals surface area contributed by atoms with Gasteiger partial charge in [-0.15, -0.1) is 10.2 Å². The first-order valence-corrected chi connectivity index (χ1v) is 8.85. The summed E-state index contributed by atoms with van der Waals surface area (Å²) in [4.78, 5) is 0. The van der Waals surface area contributed by atoms with Crippen molar-refractivity contribution in [1.29, 1.82) is 0 Å². The highest BCUT2D eigenvalue weighted by Crippen LogP contribution is 2.22. The molecule has 3 aromatic rings. The summed E-state index contributed by atoms with van der Waals surface area (Å²) in [5.74, 6) is 0.943. The molecule has 0 fully saturated rings. The molecular formula is C20H20Cl2N8. The van der Waals surface area contributed by atoms with Crippen LogP contribution in [0.5, 0.6) is 0 Å². The summed E-state index contributed by atoms with van der Waals surface area (Å²) >= 11 is 0. The number of rotatable bonds is 3. The lowest BCUT2D eigenvalue weighted by Gasteiger charge is -2.23. The quantitative estimate of drug-likeness (QED) is 0.401. The predicted octanol–water partition coefficient (Wildman–Crippen LogP) is -4.35. The fraction of sp³-hybridized carbons (Fsp3) is 0. The van der Waals surface area contributed by atoms with Crippen molar-refractivity contribution in [2.75, 3.05) is 10.2 Å². The topological polar surface area (TPSA) is 89.1 Å². The molecule has 0 amide bonds. The number of benzene rings is 3. The maximum Gasteiger partial charge on any atom is 0.277 e. The van der Waals surface area contributed by atoms with Gasteiger partial charge in [0.15, 0.2) is 0 Å². The summed E-state index contributed by atoms with van der Waals surface area (Å²) < 4.78 is 0. The molecule has 2 aliphatic heterocycles. The zero-order valence-electron chi connectivity index (χ0n) is 15.8. The summed E-state index contributed by atoms with van der Waals surface area (Å²) in [7, 11) is 0. The number of hydrogen-bond acceptors (Lipinski definition) is 6. The van der Waals surface area contributed by atoms with Crippen molar-refractivity contribution >= 4 is 23.5 Å². The summed E-state index contributed by atoms with van der Waals surface area (Å²) in [5, 5.41) is 18.7. The normalized spacial score (nSPS) is 13.7. The number of para-hydroxylation sites is 2. The van der Waals surface area contributed by atoms with Crippen molar-refractivity contribution in [2.24, 2.45) is 20.6 Å². The van der Waals surface area contributed by atoms with Crippen LogP contribution < -0.4 is 45.9 Å². The van der Waals surface area contributed by atoms with Crippen molar-refractivity contribution in [2.45, 2.75) is 0 Å². The molecule has 154 valence electrons. The van der Waals surface area contributed by atoms with E-state index in [1.54, 1.807) is 0 Å². The molecule has 0 unspecified atom stereocenters. The van der Waals surface area contributed by atoms with E-state index in [4.69, 9.17) is 5.10 Å². The largest absolute Gasteiger partial charge is 1.00 e. The third-order valence-electron chi connectivity index (χ3n) is 4.03. The summed E-state index contributed by atoms with van der Waals surface area (Å²) in [5.41, 5.74) is 6.80. The van der Waals surface area contributed by atoms with Gasteiger partial charge in [0, 0.05) is 5.22 Å². The van der Waals surface area contributed by atoms with Gasteiger partial charge in [-0.25, -0.2) is 0 Å². The Hall–Kier alpha value is -3.30. The summed E-state index contributed by atoms with van der Waals surface area (Å²) in [6.45, 7) is 0. The monoisotopic (exact) mass is 442 g/mol. The molecule has 0 radical (unpaired) electrons. The van der Waals surface area contributed by atoms with Crippen molar-refractivity contribution in [3.63, 3.8) is 0 Å². The number of hydrogen-bond donors (Lipinski definition) is 2. The number of anilines is 2. The summed E-state index contributed by atoms with van der Waals surface area (Å²) in [6, 6.07) is 30.6. The highest BCUT2D eigenvalue weighted by Gasteiger charge is 2.30. The predicted molar refractivity (Wildman–Crippen MR) is 108 cm³/mol. The van der Waals surface area contributed by atoms with Crippen LogP contribution in [0.4, 0.5) is 11.4 Å². The van der Waals surface area contributed by atoms with Gasteiger partial charge < -0.3 is 24.8 Å². The van der Waals surface area contributed by atoms with Gasteiger partial charge in [-0.3, -0.25) is 0 Å². The average Bonchev–Trinajstić information content (AvgIpc) is 3.49. The third kappa shape index (κ3) is 5.62. The molecule has 10 heteroatoms. The van der Waals surface area contributed by atoms with Crippen LogP contribution in [0.15, 0.2) is 112 Å². The zero-order valence-corrected chi connectivity index (χ0v) is 17.3. The van der Waals surface area contributed by atoms with Crippen LogP contribution in [0.2, 0.25) is 0 Å². The van der Waals surface area contributed by atoms with E-state index in [1.165, 1.54) is 11.8 Å². The molecule has 0 aliphatic carbocycles. The van der Waals surface area contributed by atoms with Crippen LogP contribution in [-0.4, -0.2) is 12.2 Å². The van der Waals surface area contributed by atoms with Gasteiger partial charge >= 0.3 is 0 Å². The van der Waals surface area contributed by atoms with Gasteiger partial charge in [-0.05, 0) is 36.4 Å². The lowest BCUT2D eigenvalue weighted by molar-refractivity contribution is -0.545. The number of quaternary nitrogens is 2. The van der Waals surface area contributed by atoms with Crippen molar-refractivity contribution < 1.29 is 35.7 Å². The van der Waals surface area contributed by atoms with Gasteiger partial charge in [-0.2, -0.15) is 10.9 Å². The highest BCUT2D eigenvalue weighted by atomic mass is 35.5. The Bertz CT molecular complexity index is 971. The molecule has 0 saturated carbocycles. The maximum atomic E-state index is 4.81. The van der Waals surface area contributed by atoms with Gasteiger partial charge in [0.25, 0.3) is 5.84 Å². The minimum absolute atomic E-state index is 0. The van der Waals surface area contributed by atoms with E-state index < -0.39 is 0 Å². The second-order valence-electron chi connectivity index (χ2n) is 5.90. The van der Waals surface area contributed by atoms with Gasteiger partial charge in [0.1, 0.15) is 5.69 Å². The molecular weight excluding hydrogens is 423 g/mol. The van der Waals surface area contributed by atoms with Gasteiger partial charge in [0.05, 0.1) is 16.5 Å². The van der Waals surface area contributed by atoms with E-state index in [1.807, 2.05) is 59.7 Å². The molecule has 2 aliphatic rings. The lowest BCUT2D eigenvalue weighted by Crippen LogP contribution is -3.00. The Labute approximate surface area is 186 Å². The minimum Gasteiger partial charge on any atom is -1.00 e. The zero-order chi connectivity index (χ0) is 19.0. The molecule has 0 saturated heterocycles. The number of halogens is 2. The van der Waals surface area contributed by atoms with Crippen LogP contribution in [0.3, 0.4) is 0 Å². The minimum atomic E-state index is 0. The van der Waals surface area contributed by atoms with Crippen LogP contribution in [0.25, 0.3) is 0 Å². The molecule has 0 spiro atoms. The molecule has 30 heavy (non-hydrogen) atoms. The summed E-state index contributed by atoms with van der Waals surface area (Å²) in [6.07, 6.45) is 1.53. The fourth-order valence-electron chi connectivity index (χ4n) is 2.74. The fourth-order valence-corrected chi connectivity index (χ4v) is 2.74. The molecule has 4 N–H and O–H groups in total. The first-order valence-electron chi connectivity index (χ1n) is 8.85. The molecule has 3 aromatic carbocycles. The van der Waals surface area contributed by atoms with Crippen molar-refractivity contribution in [3.05, 3.63) is 96.6 Å². The Morgan fingerprint density at radius 1 is 0.667 bits per heavy atom. The molecule has 2 heterocycles. The number of nitrogens with zero attached hydrogens (tertiary/aromatic N) is 6. The lowest BCUT2D eigenvalue weighted by atomic mass is 10.2. The van der Waals surface area contributed by atoms with E-state index in [0.29, 0.717) is 0 Å². The van der Waals surface area contributed by atoms with Crippen molar-refractivity contribution in [3.8, 4) is 0 Å². The molecule has 5 rings (SSSR count). The van der Waals surface area contributed by atoms with E-state index in [-0.39, 0.29) is 24.8 Å². The SMILES string of the molecule is C1=NN=N[NH2+]1.[Cl-].[Cl-].c1ccc(C2=NN(c3ccccc3)N(c3ccccc3)[NH2+]2)cc1. The van der Waals surface area contributed by atoms with E-state index in [2.05, 4.69) is 62.5 Å². The van der Waals surface area contributed by atoms with Crippen LogP contribution >= 0.6 is 0 Å². The van der Waals surface area contributed by atoms with E-state index in [0.717, 1.165) is 22.8 Å². The number of hydrazine groups is 1. The van der Waals surface area contributed by atoms with E-state index in [9.17, 15) is 0 Å². The molecule has 0 bridgehead atoms. The third-order valence-corrected chi connectivity index (χ3v) is 4.03. The Kier molecular flexibility index (Phi) is 8.92. The first kappa shape index (κ1) is 23.0. The van der Waals surface area contributed by atoms with Gasteiger partial charge in [-0.1, -0.05) is 64.8 Å². The number of amidine groups is 1. The Morgan fingerprint density at radius 3 is 1.73 bits per heavy atom. The standard InChI is InChI=1S/C19H16N4.CH2N4.2ClH/c1-4-10-16(11-5-1)19-20-22(17-12-6-2-7-13-17)23(21-19)18-14-8-3-9-15-18;1-2-4-5-3-1;;/h1-15H,(H,20,21);1H,(H,2,3,4,5);2*1H. The number of hydrazone groups is 1. The van der Waals surface area contributed by atoms with Crippen molar-refractivity contribution in [1.82, 2.24) is 0 Å². The second-order valence-corrected chi connectivity index (χ2v) is 5.90. The van der Waals surface area contributed by atoms with Crippen LogP contribution in [0, 0.1) is 0 Å². The second kappa shape index (κ2) is 11.6. The van der Waals surface area contributed by atoms with Crippen LogP contribution in [0.1, 0.15) is 5.56 Å². The number of nitrogens with two attached hydrogens (primary N) is 2. The molecule has 0 aromatic heterocycles. The molecule has 8 nitrogen and oxygen atoms in total. The molecule has 0 atom stereocenters. The van der Waals surface area contributed by atoms with Crippen LogP contribution in [-0.2, 0) is 0 Å². The Balaban J connectivity index is 0.000000404. The van der Waals surface area contributed by atoms with Gasteiger partial charge in [0.2, 0.25) is 6.34 Å². The van der Waals surface area contributed by atoms with E-state index >= 15 is 0 Å². The average molecular weight is 443 g/mol. The first-order chi connectivity index (χ1) is 13.9. The smallest absolute Gasteiger partial charge is 0.277 e. The maximum absolute atomic E-state index is 4.81. The highest BCUT2D eigenvalue weighted by molar-refractivity contribution is 5.93. The Morgan fingerprint density at radius 2 is 1.23 bits per heavy atom.